The average molecular weight is 218 g/mol. The van der Waals surface area contributed by atoms with Crippen LogP contribution in [0.5, 0.6) is 0 Å². The molecule has 0 radical (unpaired) electrons. The maximum absolute atomic E-state index is 11.6. The third kappa shape index (κ3) is 3.28. The van der Waals surface area contributed by atoms with Gasteiger partial charge in [-0.15, -0.1) is 12.3 Å². The van der Waals surface area contributed by atoms with Gasteiger partial charge in [-0.1, -0.05) is 0 Å². The van der Waals surface area contributed by atoms with Gasteiger partial charge in [0.05, 0.1) is 0 Å². The van der Waals surface area contributed by atoms with Crippen LogP contribution in [0, 0.1) is 19.3 Å². The second kappa shape index (κ2) is 5.76. The van der Waals surface area contributed by atoms with Crippen molar-refractivity contribution in [2.45, 2.75) is 19.8 Å². The molecular weight excluding hydrogens is 204 g/mol. The van der Waals surface area contributed by atoms with Gasteiger partial charge in [-0.25, -0.2) is 0 Å². The van der Waals surface area contributed by atoms with E-state index < -0.39 is 0 Å². The standard InChI is InChI=1S/C12H14N2O2/c1-3-4-5-8-13-11(15)10-7-6-9(2)14-12(10)16/h1,6-7H,4-5,8H2,2H3,(H,13,15)(H,14,16). The molecule has 0 saturated heterocycles. The van der Waals surface area contributed by atoms with E-state index in [9.17, 15) is 9.59 Å². The number of carbonyl (C=O) groups excluding carboxylic acids is 1. The Labute approximate surface area is 94.1 Å². The molecule has 0 aliphatic rings. The van der Waals surface area contributed by atoms with Crippen molar-refractivity contribution in [2.75, 3.05) is 6.54 Å². The second-order valence-electron chi connectivity index (χ2n) is 3.45. The van der Waals surface area contributed by atoms with Crippen molar-refractivity contribution in [1.29, 1.82) is 0 Å². The van der Waals surface area contributed by atoms with Crippen molar-refractivity contribution in [3.05, 3.63) is 33.7 Å². The molecule has 1 aromatic rings. The van der Waals surface area contributed by atoms with Crippen LogP contribution >= 0.6 is 0 Å². The Morgan fingerprint density at radius 1 is 1.56 bits per heavy atom. The molecule has 4 heteroatoms. The molecule has 0 aliphatic carbocycles. The van der Waals surface area contributed by atoms with E-state index >= 15 is 0 Å². The van der Waals surface area contributed by atoms with E-state index in [1.165, 1.54) is 6.07 Å². The van der Waals surface area contributed by atoms with Crippen LogP contribution in [0.2, 0.25) is 0 Å². The normalized spacial score (nSPS) is 9.50. The third-order valence-electron chi connectivity index (χ3n) is 2.08. The van der Waals surface area contributed by atoms with Crippen molar-refractivity contribution in [3.63, 3.8) is 0 Å². The highest BCUT2D eigenvalue weighted by Crippen LogP contribution is 1.94. The largest absolute Gasteiger partial charge is 0.352 e. The fourth-order valence-corrected chi connectivity index (χ4v) is 1.24. The molecule has 0 unspecified atom stereocenters. The minimum atomic E-state index is -0.366. The molecule has 0 spiro atoms. The highest BCUT2D eigenvalue weighted by molar-refractivity contribution is 5.93. The van der Waals surface area contributed by atoms with E-state index in [-0.39, 0.29) is 17.0 Å². The number of nitrogens with one attached hydrogen (secondary N) is 2. The van der Waals surface area contributed by atoms with E-state index in [1.807, 2.05) is 0 Å². The third-order valence-corrected chi connectivity index (χ3v) is 2.08. The smallest absolute Gasteiger partial charge is 0.260 e. The quantitative estimate of drug-likeness (QED) is 0.580. The zero-order valence-electron chi connectivity index (χ0n) is 9.17. The minimum absolute atomic E-state index is 0.131. The fourth-order valence-electron chi connectivity index (χ4n) is 1.24. The molecule has 1 heterocycles. The second-order valence-corrected chi connectivity index (χ2v) is 3.45. The average Bonchev–Trinajstić information content (AvgIpc) is 2.24. The van der Waals surface area contributed by atoms with Crippen molar-refractivity contribution < 1.29 is 4.79 Å². The van der Waals surface area contributed by atoms with Crippen LogP contribution in [-0.4, -0.2) is 17.4 Å². The number of terminal acetylenes is 1. The highest BCUT2D eigenvalue weighted by Gasteiger charge is 2.08. The number of aromatic nitrogens is 1. The van der Waals surface area contributed by atoms with E-state index in [2.05, 4.69) is 16.2 Å². The maximum atomic E-state index is 11.6. The van der Waals surface area contributed by atoms with Crippen LogP contribution in [0.4, 0.5) is 0 Å². The number of hydrogen-bond donors (Lipinski definition) is 2. The van der Waals surface area contributed by atoms with Gasteiger partial charge in [-0.3, -0.25) is 9.59 Å². The summed E-state index contributed by atoms with van der Waals surface area (Å²) < 4.78 is 0. The lowest BCUT2D eigenvalue weighted by atomic mass is 10.2. The monoisotopic (exact) mass is 218 g/mol. The first-order chi connectivity index (χ1) is 7.65. The van der Waals surface area contributed by atoms with Crippen molar-refractivity contribution in [3.8, 4) is 12.3 Å². The first kappa shape index (κ1) is 12.1. The first-order valence-electron chi connectivity index (χ1n) is 5.06. The van der Waals surface area contributed by atoms with E-state index in [0.29, 0.717) is 19.4 Å². The molecule has 16 heavy (non-hydrogen) atoms. The molecular formula is C12H14N2O2. The molecule has 84 valence electrons. The summed E-state index contributed by atoms with van der Waals surface area (Å²) in [6, 6.07) is 3.21. The SMILES string of the molecule is C#CCCCNC(=O)c1ccc(C)[nH]c1=O. The number of unbranched alkanes of at least 4 members (excludes halogenated alkanes) is 1. The summed E-state index contributed by atoms with van der Waals surface area (Å²) in [5.74, 6) is 2.12. The Hall–Kier alpha value is -2.02. The Morgan fingerprint density at radius 2 is 2.31 bits per heavy atom. The van der Waals surface area contributed by atoms with Gasteiger partial charge < -0.3 is 10.3 Å². The lowest BCUT2D eigenvalue weighted by Gasteiger charge is -2.03. The molecule has 0 fully saturated rings. The van der Waals surface area contributed by atoms with Gasteiger partial charge >= 0.3 is 0 Å². The first-order valence-corrected chi connectivity index (χ1v) is 5.06. The number of aromatic amines is 1. The molecule has 0 aliphatic heterocycles. The molecule has 0 atom stereocenters. The number of pyridine rings is 1. The van der Waals surface area contributed by atoms with Crippen molar-refractivity contribution in [1.82, 2.24) is 10.3 Å². The minimum Gasteiger partial charge on any atom is -0.352 e. The van der Waals surface area contributed by atoms with Gasteiger partial charge in [0.1, 0.15) is 5.56 Å². The number of rotatable bonds is 4. The predicted molar refractivity (Wildman–Crippen MR) is 62.2 cm³/mol. The molecule has 1 aromatic heterocycles. The number of H-pyrrole nitrogens is 1. The summed E-state index contributed by atoms with van der Waals surface area (Å²) in [4.78, 5) is 25.6. The van der Waals surface area contributed by atoms with Crippen LogP contribution in [0.1, 0.15) is 28.9 Å². The van der Waals surface area contributed by atoms with E-state index in [0.717, 1.165) is 5.69 Å². The summed E-state index contributed by atoms with van der Waals surface area (Å²) >= 11 is 0. The number of carbonyl (C=O) groups is 1. The van der Waals surface area contributed by atoms with Gasteiger partial charge in [0.25, 0.3) is 11.5 Å². The summed E-state index contributed by atoms with van der Waals surface area (Å²) in [6.07, 6.45) is 6.41. The summed E-state index contributed by atoms with van der Waals surface area (Å²) in [6.45, 7) is 2.24. The van der Waals surface area contributed by atoms with Crippen molar-refractivity contribution >= 4 is 5.91 Å². The van der Waals surface area contributed by atoms with Gasteiger partial charge in [0, 0.05) is 18.7 Å². The van der Waals surface area contributed by atoms with E-state index in [1.54, 1.807) is 13.0 Å². The Bertz CT molecular complexity index is 469. The van der Waals surface area contributed by atoms with Gasteiger partial charge in [0.15, 0.2) is 0 Å². The Kier molecular flexibility index (Phi) is 4.34. The number of aryl methyl sites for hydroxylation is 1. The maximum Gasteiger partial charge on any atom is 0.260 e. The summed E-state index contributed by atoms with van der Waals surface area (Å²) in [5.41, 5.74) is 0.495. The molecule has 0 saturated carbocycles. The van der Waals surface area contributed by atoms with Gasteiger partial charge in [-0.2, -0.15) is 0 Å². The fraction of sp³-hybridized carbons (Fsp3) is 0.333. The number of amides is 1. The van der Waals surface area contributed by atoms with Crippen molar-refractivity contribution in [2.24, 2.45) is 0 Å². The topological polar surface area (TPSA) is 62.0 Å². The van der Waals surface area contributed by atoms with Crippen LogP contribution in [0.15, 0.2) is 16.9 Å². The lowest BCUT2D eigenvalue weighted by Crippen LogP contribution is -2.30. The molecule has 4 nitrogen and oxygen atoms in total. The molecule has 2 N–H and O–H groups in total. The molecule has 0 bridgehead atoms. The Morgan fingerprint density at radius 3 is 2.94 bits per heavy atom. The van der Waals surface area contributed by atoms with Gasteiger partial charge in [0.2, 0.25) is 0 Å². The van der Waals surface area contributed by atoms with E-state index in [4.69, 9.17) is 6.42 Å². The van der Waals surface area contributed by atoms with Gasteiger partial charge in [-0.05, 0) is 25.5 Å². The highest BCUT2D eigenvalue weighted by atomic mass is 16.2. The van der Waals surface area contributed by atoms with Crippen LogP contribution in [-0.2, 0) is 0 Å². The Balaban J connectivity index is 2.60. The zero-order chi connectivity index (χ0) is 12.0. The van der Waals surface area contributed by atoms with Crippen LogP contribution < -0.4 is 10.9 Å². The summed E-state index contributed by atoms with van der Waals surface area (Å²) in [7, 11) is 0. The van der Waals surface area contributed by atoms with Crippen LogP contribution in [0.25, 0.3) is 0 Å². The molecule has 0 aromatic carbocycles. The predicted octanol–water partition coefficient (Wildman–Crippen LogP) is 0.827. The number of hydrogen-bond acceptors (Lipinski definition) is 2. The van der Waals surface area contributed by atoms with Crippen LogP contribution in [0.3, 0.4) is 0 Å². The summed E-state index contributed by atoms with van der Waals surface area (Å²) in [5, 5.41) is 2.64. The molecule has 1 amide bonds. The zero-order valence-corrected chi connectivity index (χ0v) is 9.17. The lowest BCUT2D eigenvalue weighted by molar-refractivity contribution is 0.0952. The molecule has 1 rings (SSSR count).